The van der Waals surface area contributed by atoms with E-state index in [0.717, 1.165) is 33.8 Å². The molecule has 9 nitrogen and oxygen atoms in total. The van der Waals surface area contributed by atoms with Crippen molar-refractivity contribution in [2.24, 2.45) is 0 Å². The molecule has 2 aromatic carbocycles. The van der Waals surface area contributed by atoms with E-state index in [9.17, 15) is 0 Å². The number of benzene rings is 2. The molecular weight excluding hydrogens is 542 g/mol. The van der Waals surface area contributed by atoms with Crippen molar-refractivity contribution in [3.05, 3.63) is 121 Å². The fraction of sp³-hybridized carbons (Fsp3) is 0.0588. The largest absolute Gasteiger partial charge is 0.464 e. The number of nitrogens with zero attached hydrogens (tertiary/aromatic N) is 5. The molecule has 0 aliphatic carbocycles. The van der Waals surface area contributed by atoms with Crippen LogP contribution in [0, 0.1) is 6.92 Å². The van der Waals surface area contributed by atoms with Crippen LogP contribution in [0.5, 0.6) is 11.6 Å². The van der Waals surface area contributed by atoms with E-state index in [1.54, 1.807) is 0 Å². The molecule has 5 aliphatic rings. The van der Waals surface area contributed by atoms with E-state index in [-0.39, 0.29) is 0 Å². The maximum Gasteiger partial charge on any atom is 0.464 e. The van der Waals surface area contributed by atoms with Crippen LogP contribution in [0.1, 0.15) is 17.4 Å². The molecular formula is C34H22N5O4+3. The molecule has 6 bridgehead atoms. The molecule has 1 unspecified atom stereocenters. The second-order valence-electron chi connectivity index (χ2n) is 10.8. The summed E-state index contributed by atoms with van der Waals surface area (Å²) < 4.78 is 35.3. The van der Waals surface area contributed by atoms with Crippen LogP contribution in [0.25, 0.3) is 56.5 Å². The third-order valence-electron chi connectivity index (χ3n) is 8.25. The topological polar surface area (TPSA) is 78.3 Å². The normalized spacial score (nSPS) is 14.6. The summed E-state index contributed by atoms with van der Waals surface area (Å²) >= 11 is 0. The molecule has 0 fully saturated rings. The Balaban J connectivity index is 1.57. The number of rotatable bonds is 0. The van der Waals surface area contributed by atoms with Crippen LogP contribution in [-0.2, 0) is 0 Å². The Hall–Kier alpha value is -5.96. The minimum absolute atomic E-state index is 0.465. The predicted molar refractivity (Wildman–Crippen MR) is 154 cm³/mol. The number of ether oxygens (including phenoxy) is 1. The van der Waals surface area contributed by atoms with Crippen LogP contribution in [0.4, 0.5) is 0 Å². The molecule has 0 saturated carbocycles. The van der Waals surface area contributed by atoms with Gasteiger partial charge in [0, 0.05) is 12.1 Å². The van der Waals surface area contributed by atoms with Crippen molar-refractivity contribution >= 4 is 39.3 Å². The summed E-state index contributed by atoms with van der Waals surface area (Å²) in [6, 6.07) is 33.7. The summed E-state index contributed by atoms with van der Waals surface area (Å²) in [5, 5.41) is 5.76. The smallest absolute Gasteiger partial charge is 0.404 e. The van der Waals surface area contributed by atoms with Gasteiger partial charge in [-0.3, -0.25) is 0 Å². The number of hydrogen-bond donors (Lipinski definition) is 0. The first-order chi connectivity index (χ1) is 21.2. The molecule has 0 spiro atoms. The first-order valence-electron chi connectivity index (χ1n) is 14.1. The van der Waals surface area contributed by atoms with Crippen molar-refractivity contribution in [2.75, 3.05) is 0 Å². The Bertz CT molecular complexity index is 2530. The van der Waals surface area contributed by atoms with Crippen LogP contribution < -0.4 is 18.3 Å². The van der Waals surface area contributed by atoms with Gasteiger partial charge in [-0.1, -0.05) is 16.5 Å². The third-order valence-corrected chi connectivity index (χ3v) is 8.25. The Kier molecular flexibility index (Phi) is 4.26. The van der Waals surface area contributed by atoms with Gasteiger partial charge in [-0.05, 0) is 60.0 Å². The molecule has 204 valence electrons. The standard InChI is InChI=1S/C34H22N5O4/c1-20-18-23-22-8-4-14-30-37(22)34(39(23)35-20)33-26-11-6-12-27(33)43-32-16-7-15-31-38(32)28(36-17-3-2-13-29(36)42-26)19-21-24(40-30)9-5-10-25(21)41-31/h2-19,34H,1H3/q+3. The summed E-state index contributed by atoms with van der Waals surface area (Å²) in [7, 11) is 0. The van der Waals surface area contributed by atoms with Crippen molar-refractivity contribution in [1.82, 2.24) is 9.78 Å². The van der Waals surface area contributed by atoms with Gasteiger partial charge in [0.2, 0.25) is 5.69 Å². The highest BCUT2D eigenvalue weighted by Crippen LogP contribution is 2.39. The molecule has 0 radical (unpaired) electrons. The summed E-state index contributed by atoms with van der Waals surface area (Å²) in [6.07, 6.45) is 1.51. The van der Waals surface area contributed by atoms with Crippen molar-refractivity contribution in [1.29, 1.82) is 0 Å². The van der Waals surface area contributed by atoms with E-state index in [1.807, 2.05) is 112 Å². The number of hydrogen-bond acceptors (Lipinski definition) is 5. The molecule has 9 heterocycles. The number of pyridine rings is 3. The molecule has 9 heteroatoms. The van der Waals surface area contributed by atoms with Gasteiger partial charge in [0.05, 0.1) is 41.4 Å². The van der Waals surface area contributed by atoms with E-state index in [4.69, 9.17) is 23.1 Å². The van der Waals surface area contributed by atoms with E-state index in [0.29, 0.717) is 45.5 Å². The van der Waals surface area contributed by atoms with E-state index < -0.39 is 6.17 Å². The number of aryl methyl sites for hydroxylation is 1. The van der Waals surface area contributed by atoms with Gasteiger partial charge in [-0.15, -0.1) is 4.57 Å². The Morgan fingerprint density at radius 3 is 2.33 bits per heavy atom. The maximum atomic E-state index is 6.88. The highest BCUT2D eigenvalue weighted by atomic mass is 16.5. The zero-order valence-electron chi connectivity index (χ0n) is 22.8. The molecule has 0 N–H and O–H groups in total. The molecule has 0 saturated heterocycles. The number of aromatic nitrogens is 5. The zero-order valence-corrected chi connectivity index (χ0v) is 22.8. The van der Waals surface area contributed by atoms with Gasteiger partial charge in [0.15, 0.2) is 6.20 Å². The lowest BCUT2D eigenvalue weighted by Crippen LogP contribution is -2.43. The summed E-state index contributed by atoms with van der Waals surface area (Å²) in [6.45, 7) is 2.01. The van der Waals surface area contributed by atoms with Crippen LogP contribution >= 0.6 is 0 Å². The lowest BCUT2D eigenvalue weighted by atomic mass is 10.1. The van der Waals surface area contributed by atoms with Crippen LogP contribution in [0.3, 0.4) is 0 Å². The van der Waals surface area contributed by atoms with Gasteiger partial charge >= 0.3 is 28.8 Å². The van der Waals surface area contributed by atoms with Crippen molar-refractivity contribution in [3.63, 3.8) is 0 Å². The van der Waals surface area contributed by atoms with E-state index in [1.165, 1.54) is 0 Å². The summed E-state index contributed by atoms with van der Waals surface area (Å²) in [4.78, 5) is 0. The third kappa shape index (κ3) is 3.05. The van der Waals surface area contributed by atoms with Gasteiger partial charge < -0.3 is 18.0 Å². The van der Waals surface area contributed by atoms with E-state index in [2.05, 4.69) is 22.8 Å². The van der Waals surface area contributed by atoms with Crippen molar-refractivity contribution in [3.8, 4) is 28.8 Å². The lowest BCUT2D eigenvalue weighted by Gasteiger charge is -2.13. The quantitative estimate of drug-likeness (QED) is 0.210. The van der Waals surface area contributed by atoms with Crippen LogP contribution in [0.2, 0.25) is 0 Å². The summed E-state index contributed by atoms with van der Waals surface area (Å²) in [5.41, 5.74) is 7.37. The molecule has 11 rings (SSSR count). The highest BCUT2D eigenvalue weighted by Gasteiger charge is 2.45. The molecule has 5 aliphatic heterocycles. The van der Waals surface area contributed by atoms with Crippen molar-refractivity contribution in [2.45, 2.75) is 13.1 Å². The number of fused-ring (bicyclic) bond motifs is 2. The fourth-order valence-electron chi connectivity index (χ4n) is 6.48. The van der Waals surface area contributed by atoms with Gasteiger partial charge in [0.25, 0.3) is 6.17 Å². The maximum absolute atomic E-state index is 6.88. The van der Waals surface area contributed by atoms with Gasteiger partial charge in [-0.25, -0.2) is 0 Å². The van der Waals surface area contributed by atoms with Crippen molar-refractivity contribution < 1.29 is 31.5 Å². The molecule has 4 aromatic heterocycles. The Labute approximate surface area is 242 Å². The molecule has 6 aromatic rings. The Morgan fingerprint density at radius 1 is 0.721 bits per heavy atom. The van der Waals surface area contributed by atoms with E-state index >= 15 is 0 Å². The SMILES string of the molecule is Cc1cc2n(n1)C1c3c4cccc3oc3cccc[n+]3c3cc5c(cccc5oc5cccc(o4)[n+]5-3)Oc3cccc-2[n+]31. The highest BCUT2D eigenvalue weighted by molar-refractivity contribution is 5.84. The molecule has 1 atom stereocenters. The molecule has 43 heavy (non-hydrogen) atoms. The van der Waals surface area contributed by atoms with Crippen LogP contribution in [-0.4, -0.2) is 9.78 Å². The average molecular weight is 565 g/mol. The minimum atomic E-state index is -0.465. The predicted octanol–water partition coefficient (Wildman–Crippen LogP) is 6.04. The lowest BCUT2D eigenvalue weighted by molar-refractivity contribution is -0.704. The summed E-state index contributed by atoms with van der Waals surface area (Å²) in [5.74, 6) is 2.04. The average Bonchev–Trinajstić information content (AvgIpc) is 3.46. The fourth-order valence-corrected chi connectivity index (χ4v) is 6.48. The second-order valence-corrected chi connectivity index (χ2v) is 10.8. The monoisotopic (exact) mass is 564 g/mol. The van der Waals surface area contributed by atoms with Crippen LogP contribution in [0.15, 0.2) is 123 Å². The van der Waals surface area contributed by atoms with Gasteiger partial charge in [-0.2, -0.15) is 9.78 Å². The first kappa shape index (κ1) is 22.7. The zero-order chi connectivity index (χ0) is 28.2. The first-order valence-corrected chi connectivity index (χ1v) is 14.1. The van der Waals surface area contributed by atoms with Gasteiger partial charge in [0.1, 0.15) is 33.8 Å². The second kappa shape index (κ2) is 8.07. The molecule has 0 amide bonds. The Morgan fingerprint density at radius 2 is 1.44 bits per heavy atom. The minimum Gasteiger partial charge on any atom is -0.404 e.